The van der Waals surface area contributed by atoms with Gasteiger partial charge in [0, 0.05) is 27.2 Å². The Morgan fingerprint density at radius 2 is 0.661 bits per heavy atom. The molecule has 0 amide bonds. The van der Waals surface area contributed by atoms with Gasteiger partial charge in [0.25, 0.3) is 0 Å². The molecule has 2 heterocycles. The minimum absolute atomic E-state index is 0.915. The van der Waals surface area contributed by atoms with Gasteiger partial charge in [0.15, 0.2) is 0 Å². The van der Waals surface area contributed by atoms with Gasteiger partial charge in [-0.25, -0.2) is 0 Å². The van der Waals surface area contributed by atoms with Crippen molar-refractivity contribution in [2.45, 2.75) is 0 Å². The van der Waals surface area contributed by atoms with Gasteiger partial charge < -0.3 is 8.98 Å². The van der Waals surface area contributed by atoms with E-state index in [1.165, 1.54) is 83.1 Å². The largest absolute Gasteiger partial charge is 0.456 e. The summed E-state index contributed by atoms with van der Waals surface area (Å²) in [7, 11) is 0. The van der Waals surface area contributed by atoms with Crippen molar-refractivity contribution in [3.05, 3.63) is 212 Å². The van der Waals surface area contributed by atoms with Gasteiger partial charge in [-0.15, -0.1) is 0 Å². The zero-order valence-electron chi connectivity index (χ0n) is 30.6. The molecule has 2 aromatic heterocycles. The molecular formula is C54H35NO. The average Bonchev–Trinajstić information content (AvgIpc) is 3.82. The number of rotatable bonds is 6. The van der Waals surface area contributed by atoms with Crippen LogP contribution in [0.2, 0.25) is 0 Å². The average molecular weight is 714 g/mol. The number of fused-ring (bicyclic) bond motifs is 6. The van der Waals surface area contributed by atoms with Gasteiger partial charge in [0.1, 0.15) is 11.2 Å². The highest BCUT2D eigenvalue weighted by molar-refractivity contribution is 6.10. The lowest BCUT2D eigenvalue weighted by atomic mass is 9.93. The first-order valence-corrected chi connectivity index (χ1v) is 19.2. The molecule has 0 spiro atoms. The molecule has 0 aliphatic heterocycles. The summed E-state index contributed by atoms with van der Waals surface area (Å²) in [6.07, 6.45) is 0. The van der Waals surface area contributed by atoms with Crippen LogP contribution in [-0.2, 0) is 0 Å². The highest BCUT2D eigenvalue weighted by Gasteiger charge is 2.14. The lowest BCUT2D eigenvalue weighted by Crippen LogP contribution is -1.92. The number of hydrogen-bond donors (Lipinski definition) is 0. The Labute approximate surface area is 325 Å². The number of para-hydroxylation sites is 3. The molecule has 11 aromatic rings. The van der Waals surface area contributed by atoms with Crippen molar-refractivity contribution >= 4 is 43.7 Å². The SMILES string of the molecule is c1ccc(-n2c3ccccc3c3cc(-c4cccc(-c5cccc(-c6cccc(-c7cccc(-c8ccc9oc%10ccccc%10c9c8)c7)c6)c5)c4)ccc32)cc1. The summed E-state index contributed by atoms with van der Waals surface area (Å²) in [5.41, 5.74) is 17.4. The Balaban J connectivity index is 0.914. The van der Waals surface area contributed by atoms with E-state index < -0.39 is 0 Å². The van der Waals surface area contributed by atoms with Crippen LogP contribution in [0.15, 0.2) is 217 Å². The maximum atomic E-state index is 6.09. The van der Waals surface area contributed by atoms with Crippen LogP contribution in [0.1, 0.15) is 0 Å². The van der Waals surface area contributed by atoms with Crippen molar-refractivity contribution in [2.24, 2.45) is 0 Å². The topological polar surface area (TPSA) is 18.1 Å². The number of nitrogens with zero attached hydrogens (tertiary/aromatic N) is 1. The van der Waals surface area contributed by atoms with Gasteiger partial charge in [0.2, 0.25) is 0 Å². The molecule has 0 aliphatic carbocycles. The highest BCUT2D eigenvalue weighted by atomic mass is 16.3. The molecule has 0 saturated carbocycles. The van der Waals surface area contributed by atoms with E-state index in [9.17, 15) is 0 Å². The van der Waals surface area contributed by atoms with E-state index in [0.717, 1.165) is 21.9 Å². The molecule has 9 aromatic carbocycles. The Kier molecular flexibility index (Phi) is 7.53. The summed E-state index contributed by atoms with van der Waals surface area (Å²) in [6, 6.07) is 76.5. The quantitative estimate of drug-likeness (QED) is 0.168. The second kappa shape index (κ2) is 13.2. The summed E-state index contributed by atoms with van der Waals surface area (Å²) in [6.45, 7) is 0. The molecule has 0 aliphatic rings. The predicted octanol–water partition coefficient (Wildman–Crippen LogP) is 15.0. The fraction of sp³-hybridized carbons (Fsp3) is 0. The minimum Gasteiger partial charge on any atom is -0.456 e. The Bertz CT molecular complexity index is 3250. The van der Waals surface area contributed by atoms with Crippen LogP contribution in [0.5, 0.6) is 0 Å². The van der Waals surface area contributed by atoms with Gasteiger partial charge in [-0.1, -0.05) is 140 Å². The molecule has 0 unspecified atom stereocenters. The molecule has 0 fully saturated rings. The Morgan fingerprint density at radius 1 is 0.250 bits per heavy atom. The van der Waals surface area contributed by atoms with E-state index in [1.807, 2.05) is 12.1 Å². The molecule has 0 radical (unpaired) electrons. The molecule has 0 atom stereocenters. The van der Waals surface area contributed by atoms with E-state index in [1.54, 1.807) is 0 Å². The number of benzene rings is 9. The van der Waals surface area contributed by atoms with E-state index >= 15 is 0 Å². The first-order chi connectivity index (χ1) is 27.7. The molecule has 2 nitrogen and oxygen atoms in total. The Hall–Kier alpha value is -7.42. The first kappa shape index (κ1) is 32.0. The summed E-state index contributed by atoms with van der Waals surface area (Å²) >= 11 is 0. The van der Waals surface area contributed by atoms with Crippen LogP contribution in [-0.4, -0.2) is 4.57 Å². The van der Waals surface area contributed by atoms with Gasteiger partial charge in [-0.05, 0) is 128 Å². The smallest absolute Gasteiger partial charge is 0.135 e. The second-order valence-electron chi connectivity index (χ2n) is 14.6. The zero-order chi connectivity index (χ0) is 37.0. The summed E-state index contributed by atoms with van der Waals surface area (Å²) in [4.78, 5) is 0. The molecular weight excluding hydrogens is 679 g/mol. The third-order valence-corrected chi connectivity index (χ3v) is 11.2. The van der Waals surface area contributed by atoms with Crippen molar-refractivity contribution in [3.8, 4) is 61.3 Å². The highest BCUT2D eigenvalue weighted by Crippen LogP contribution is 2.38. The fourth-order valence-electron chi connectivity index (χ4n) is 8.43. The molecule has 0 N–H and O–H groups in total. The van der Waals surface area contributed by atoms with Crippen molar-refractivity contribution in [3.63, 3.8) is 0 Å². The van der Waals surface area contributed by atoms with Crippen molar-refractivity contribution in [2.75, 3.05) is 0 Å². The normalized spacial score (nSPS) is 11.6. The third kappa shape index (κ3) is 5.51. The van der Waals surface area contributed by atoms with Gasteiger partial charge in [-0.2, -0.15) is 0 Å². The molecule has 0 saturated heterocycles. The number of furan rings is 1. The summed E-state index contributed by atoms with van der Waals surface area (Å²) < 4.78 is 8.46. The second-order valence-corrected chi connectivity index (χ2v) is 14.6. The molecule has 11 rings (SSSR count). The number of aromatic nitrogens is 1. The summed E-state index contributed by atoms with van der Waals surface area (Å²) in [5, 5.41) is 4.80. The van der Waals surface area contributed by atoms with Gasteiger partial charge in [0.05, 0.1) is 11.0 Å². The van der Waals surface area contributed by atoms with E-state index in [-0.39, 0.29) is 0 Å². The van der Waals surface area contributed by atoms with E-state index in [0.29, 0.717) is 0 Å². The maximum absolute atomic E-state index is 6.09. The van der Waals surface area contributed by atoms with E-state index in [4.69, 9.17) is 4.42 Å². The van der Waals surface area contributed by atoms with E-state index in [2.05, 4.69) is 205 Å². The lowest BCUT2D eigenvalue weighted by Gasteiger charge is -2.11. The monoisotopic (exact) mass is 713 g/mol. The Morgan fingerprint density at radius 3 is 1.23 bits per heavy atom. The summed E-state index contributed by atoms with van der Waals surface area (Å²) in [5.74, 6) is 0. The van der Waals surface area contributed by atoms with Crippen molar-refractivity contribution < 1.29 is 4.42 Å². The standard InChI is InChI=1S/C54H35NO/c1-2-20-46(21-3-1)55-51-24-6-4-22-47(51)49-34-44(26-28-52(49)55)42-18-10-16-40(32-42)38-14-8-12-36(30-38)37-13-9-15-39(31-37)41-17-11-19-43(33-41)45-27-29-54-50(35-45)48-23-5-7-25-53(48)56-54/h1-35H. The minimum atomic E-state index is 0.915. The third-order valence-electron chi connectivity index (χ3n) is 11.2. The number of hydrogen-bond acceptors (Lipinski definition) is 1. The molecule has 56 heavy (non-hydrogen) atoms. The van der Waals surface area contributed by atoms with Crippen molar-refractivity contribution in [1.82, 2.24) is 4.57 Å². The predicted molar refractivity (Wildman–Crippen MR) is 235 cm³/mol. The molecule has 2 heteroatoms. The fourth-order valence-corrected chi connectivity index (χ4v) is 8.43. The van der Waals surface area contributed by atoms with Gasteiger partial charge in [-0.3, -0.25) is 0 Å². The maximum Gasteiger partial charge on any atom is 0.135 e. The zero-order valence-corrected chi connectivity index (χ0v) is 30.6. The van der Waals surface area contributed by atoms with Crippen LogP contribution in [0, 0.1) is 0 Å². The molecule has 0 bridgehead atoms. The van der Waals surface area contributed by atoms with Crippen LogP contribution >= 0.6 is 0 Å². The first-order valence-electron chi connectivity index (χ1n) is 19.2. The van der Waals surface area contributed by atoms with Crippen LogP contribution in [0.4, 0.5) is 0 Å². The van der Waals surface area contributed by atoms with Crippen LogP contribution in [0.25, 0.3) is 105 Å². The molecule has 262 valence electrons. The van der Waals surface area contributed by atoms with Crippen molar-refractivity contribution in [1.29, 1.82) is 0 Å². The van der Waals surface area contributed by atoms with Crippen LogP contribution < -0.4 is 0 Å². The lowest BCUT2D eigenvalue weighted by molar-refractivity contribution is 0.669. The van der Waals surface area contributed by atoms with Gasteiger partial charge >= 0.3 is 0 Å². The van der Waals surface area contributed by atoms with Crippen LogP contribution in [0.3, 0.4) is 0 Å².